The van der Waals surface area contributed by atoms with Gasteiger partial charge in [0.1, 0.15) is 0 Å². The highest BCUT2D eigenvalue weighted by atomic mass is 15.2. The molecule has 0 aromatic heterocycles. The van der Waals surface area contributed by atoms with Crippen molar-refractivity contribution in [2.24, 2.45) is 29.1 Å². The van der Waals surface area contributed by atoms with Gasteiger partial charge in [-0.3, -0.25) is 0 Å². The Morgan fingerprint density at radius 3 is 2.46 bits per heavy atom. The Labute approximate surface area is 149 Å². The predicted octanol–water partition coefficient (Wildman–Crippen LogP) is 6.54. The van der Waals surface area contributed by atoms with Crippen molar-refractivity contribution in [1.29, 1.82) is 0 Å². The second kappa shape index (κ2) is 6.07. The van der Waals surface area contributed by atoms with E-state index in [2.05, 4.69) is 51.1 Å². The lowest BCUT2D eigenvalue weighted by Crippen LogP contribution is -2.52. The zero-order valence-corrected chi connectivity index (χ0v) is 16.6. The maximum atomic E-state index is 4.52. The van der Waals surface area contributed by atoms with E-state index in [1.165, 1.54) is 43.4 Å². The number of nitrogens with zero attached hydrogens (tertiary/aromatic N) is 1. The molecule has 1 saturated heterocycles. The van der Waals surface area contributed by atoms with Crippen molar-refractivity contribution in [3.05, 3.63) is 36.7 Å². The minimum absolute atomic E-state index is 0.269. The Hall–Kier alpha value is -0.980. The normalized spacial score (nSPS) is 46.6. The molecular weight excluding hydrogens is 290 g/mol. The van der Waals surface area contributed by atoms with Gasteiger partial charge in [-0.25, -0.2) is 0 Å². The third kappa shape index (κ3) is 2.26. The van der Waals surface area contributed by atoms with Gasteiger partial charge in [-0.1, -0.05) is 40.9 Å². The van der Waals surface area contributed by atoms with Crippen molar-refractivity contribution in [2.45, 2.75) is 78.7 Å². The Balaban J connectivity index is 0.000000815. The lowest BCUT2D eigenvalue weighted by atomic mass is 9.53. The van der Waals surface area contributed by atoms with Crippen LogP contribution in [0.15, 0.2) is 36.7 Å². The van der Waals surface area contributed by atoms with Crippen molar-refractivity contribution in [2.75, 3.05) is 0 Å². The van der Waals surface area contributed by atoms with Crippen LogP contribution in [0.3, 0.4) is 0 Å². The van der Waals surface area contributed by atoms with Gasteiger partial charge in [0.15, 0.2) is 0 Å². The monoisotopic (exact) mass is 327 g/mol. The molecular formula is C23H37N. The van der Waals surface area contributed by atoms with Gasteiger partial charge in [-0.2, -0.15) is 0 Å². The van der Waals surface area contributed by atoms with Gasteiger partial charge in [0.05, 0.1) is 0 Å². The first kappa shape index (κ1) is 17.8. The summed E-state index contributed by atoms with van der Waals surface area (Å²) in [5.41, 5.74) is 3.50. The van der Waals surface area contributed by atoms with Crippen molar-refractivity contribution < 1.29 is 0 Å². The summed E-state index contributed by atoms with van der Waals surface area (Å²) in [7, 11) is 0. The molecule has 0 aromatic rings. The quantitative estimate of drug-likeness (QED) is 0.488. The van der Waals surface area contributed by atoms with Crippen molar-refractivity contribution in [3.63, 3.8) is 0 Å². The average Bonchev–Trinajstić information content (AvgIpc) is 3.00. The topological polar surface area (TPSA) is 3.24 Å². The molecule has 6 unspecified atom stereocenters. The fraction of sp³-hybridized carbons (Fsp3) is 0.739. The SMILES string of the molecule is C=C1C=CN2C(=C)CCC2(C)C2CCC3(C)C(C)CCC3C12.CC. The Morgan fingerprint density at radius 2 is 1.75 bits per heavy atom. The fourth-order valence-electron chi connectivity index (χ4n) is 6.54. The largest absolute Gasteiger partial charge is 0.346 e. The molecule has 1 heteroatoms. The Morgan fingerprint density at radius 1 is 1.04 bits per heavy atom. The average molecular weight is 328 g/mol. The summed E-state index contributed by atoms with van der Waals surface area (Å²) in [5, 5.41) is 0. The van der Waals surface area contributed by atoms with E-state index in [1.54, 1.807) is 0 Å². The lowest BCUT2D eigenvalue weighted by Gasteiger charge is -2.53. The third-order valence-corrected chi connectivity index (χ3v) is 8.22. The molecule has 0 radical (unpaired) electrons. The summed E-state index contributed by atoms with van der Waals surface area (Å²) in [6.07, 6.45) is 12.6. The molecule has 2 saturated carbocycles. The highest BCUT2D eigenvalue weighted by molar-refractivity contribution is 5.31. The van der Waals surface area contributed by atoms with Gasteiger partial charge in [-0.15, -0.1) is 0 Å². The Kier molecular flexibility index (Phi) is 4.51. The molecule has 2 aliphatic heterocycles. The molecule has 0 spiro atoms. The van der Waals surface area contributed by atoms with Crippen LogP contribution in [0.25, 0.3) is 0 Å². The van der Waals surface area contributed by atoms with Crippen molar-refractivity contribution >= 4 is 0 Å². The van der Waals surface area contributed by atoms with Gasteiger partial charge in [0.2, 0.25) is 0 Å². The molecule has 24 heavy (non-hydrogen) atoms. The van der Waals surface area contributed by atoms with Crippen LogP contribution >= 0.6 is 0 Å². The maximum absolute atomic E-state index is 4.52. The van der Waals surface area contributed by atoms with Crippen LogP contribution in [0.1, 0.15) is 73.1 Å². The molecule has 4 aliphatic rings. The lowest BCUT2D eigenvalue weighted by molar-refractivity contribution is -0.0149. The zero-order valence-electron chi connectivity index (χ0n) is 16.6. The van der Waals surface area contributed by atoms with Gasteiger partial charge in [-0.05, 0) is 86.2 Å². The van der Waals surface area contributed by atoms with Gasteiger partial charge in [0.25, 0.3) is 0 Å². The molecule has 0 amide bonds. The summed E-state index contributed by atoms with van der Waals surface area (Å²) in [5.74, 6) is 3.14. The van der Waals surface area contributed by atoms with Gasteiger partial charge < -0.3 is 4.90 Å². The summed E-state index contributed by atoms with van der Waals surface area (Å²) in [4.78, 5) is 2.50. The molecule has 0 N–H and O–H groups in total. The minimum atomic E-state index is 0.269. The van der Waals surface area contributed by atoms with E-state index in [4.69, 9.17) is 0 Å². The third-order valence-electron chi connectivity index (χ3n) is 8.22. The summed E-state index contributed by atoms with van der Waals surface area (Å²) < 4.78 is 0. The molecule has 4 rings (SSSR count). The van der Waals surface area contributed by atoms with E-state index in [-0.39, 0.29) is 5.54 Å². The highest BCUT2D eigenvalue weighted by Gasteiger charge is 2.58. The minimum Gasteiger partial charge on any atom is -0.346 e. The highest BCUT2D eigenvalue weighted by Crippen LogP contribution is 2.64. The molecule has 6 atom stereocenters. The number of hydrogen-bond donors (Lipinski definition) is 0. The summed E-state index contributed by atoms with van der Waals surface area (Å²) in [6.45, 7) is 20.4. The number of rotatable bonds is 0. The van der Waals surface area contributed by atoms with Crippen LogP contribution in [0.4, 0.5) is 0 Å². The fourth-order valence-corrected chi connectivity index (χ4v) is 6.54. The molecule has 3 fully saturated rings. The van der Waals surface area contributed by atoms with Crippen LogP contribution in [0.2, 0.25) is 0 Å². The second-order valence-electron chi connectivity index (χ2n) is 8.95. The number of hydrogen-bond acceptors (Lipinski definition) is 1. The number of fused-ring (bicyclic) bond motifs is 5. The Bertz CT molecular complexity index is 558. The maximum Gasteiger partial charge on any atom is 0.0451 e. The number of allylic oxidation sites excluding steroid dienone is 3. The van der Waals surface area contributed by atoms with Crippen LogP contribution in [-0.2, 0) is 0 Å². The molecule has 134 valence electrons. The van der Waals surface area contributed by atoms with E-state index in [0.717, 1.165) is 24.2 Å². The summed E-state index contributed by atoms with van der Waals surface area (Å²) >= 11 is 0. The first-order chi connectivity index (χ1) is 11.4. The molecule has 0 bridgehead atoms. The van der Waals surface area contributed by atoms with Crippen LogP contribution < -0.4 is 0 Å². The van der Waals surface area contributed by atoms with Crippen LogP contribution in [-0.4, -0.2) is 10.4 Å². The van der Waals surface area contributed by atoms with Crippen molar-refractivity contribution in [3.8, 4) is 0 Å². The van der Waals surface area contributed by atoms with E-state index in [0.29, 0.717) is 11.3 Å². The van der Waals surface area contributed by atoms with E-state index in [9.17, 15) is 0 Å². The molecule has 2 heterocycles. The van der Waals surface area contributed by atoms with Crippen molar-refractivity contribution in [1.82, 2.24) is 4.90 Å². The van der Waals surface area contributed by atoms with Crippen LogP contribution in [0.5, 0.6) is 0 Å². The smallest absolute Gasteiger partial charge is 0.0451 e. The first-order valence-corrected chi connectivity index (χ1v) is 10.2. The predicted molar refractivity (Wildman–Crippen MR) is 104 cm³/mol. The molecule has 1 nitrogen and oxygen atoms in total. The summed E-state index contributed by atoms with van der Waals surface area (Å²) in [6, 6.07) is 0. The van der Waals surface area contributed by atoms with Gasteiger partial charge in [0, 0.05) is 17.4 Å². The van der Waals surface area contributed by atoms with E-state index >= 15 is 0 Å². The second-order valence-corrected chi connectivity index (χ2v) is 8.95. The first-order valence-electron chi connectivity index (χ1n) is 10.2. The molecule has 0 aromatic carbocycles. The molecule has 2 aliphatic carbocycles. The van der Waals surface area contributed by atoms with Gasteiger partial charge >= 0.3 is 0 Å². The zero-order chi connectivity index (χ0) is 17.7. The van der Waals surface area contributed by atoms with E-state index < -0.39 is 0 Å². The standard InChI is InChI=1S/C21H31N.C2H6/c1-14-10-13-22-16(3)8-12-21(22,5)18-9-11-20(4)15(2)6-7-17(20)19(14)18;1-2/h10,13,15,17-19H,1,3,6-9,11-12H2,2,4-5H3;1-2H3. The van der Waals surface area contributed by atoms with Crippen LogP contribution in [0, 0.1) is 29.1 Å². The van der Waals surface area contributed by atoms with E-state index in [1.807, 2.05) is 13.8 Å².